The van der Waals surface area contributed by atoms with Gasteiger partial charge >= 0.3 is 11.9 Å². The molecule has 29 heavy (non-hydrogen) atoms. The Bertz CT molecular complexity index is 894. The molecule has 11 heteroatoms. The van der Waals surface area contributed by atoms with Crippen LogP contribution in [0.1, 0.15) is 22.5 Å². The first-order chi connectivity index (χ1) is 13.9. The van der Waals surface area contributed by atoms with Gasteiger partial charge in [0.05, 0.1) is 20.4 Å². The second-order valence-corrected chi connectivity index (χ2v) is 5.85. The number of phenols is 1. The van der Waals surface area contributed by atoms with Crippen molar-refractivity contribution in [2.75, 3.05) is 20.8 Å². The van der Waals surface area contributed by atoms with Gasteiger partial charge in [-0.15, -0.1) is 5.10 Å². The summed E-state index contributed by atoms with van der Waals surface area (Å²) in [6.07, 6.45) is 3.00. The summed E-state index contributed by atoms with van der Waals surface area (Å²) >= 11 is 0. The van der Waals surface area contributed by atoms with Crippen LogP contribution in [-0.2, 0) is 25.6 Å². The fourth-order valence-corrected chi connectivity index (χ4v) is 2.28. The lowest BCUT2D eigenvalue weighted by Crippen LogP contribution is -2.42. The molecule has 1 aromatic carbocycles. The van der Waals surface area contributed by atoms with Crippen molar-refractivity contribution >= 4 is 24.1 Å². The van der Waals surface area contributed by atoms with Gasteiger partial charge in [0.25, 0.3) is 5.91 Å². The van der Waals surface area contributed by atoms with Crippen molar-refractivity contribution in [3.63, 3.8) is 0 Å². The Balaban J connectivity index is 1.95. The molecule has 0 aliphatic carbocycles. The van der Waals surface area contributed by atoms with Crippen molar-refractivity contribution in [2.45, 2.75) is 19.0 Å². The number of nitrogens with zero attached hydrogens (tertiary/aromatic N) is 4. The van der Waals surface area contributed by atoms with Crippen molar-refractivity contribution in [1.82, 2.24) is 20.3 Å². The van der Waals surface area contributed by atoms with Gasteiger partial charge < -0.3 is 19.9 Å². The number of amides is 1. The van der Waals surface area contributed by atoms with Crippen molar-refractivity contribution < 1.29 is 29.0 Å². The zero-order chi connectivity index (χ0) is 21.2. The molecule has 1 atom stereocenters. The van der Waals surface area contributed by atoms with Crippen molar-refractivity contribution in [3.05, 3.63) is 41.7 Å². The van der Waals surface area contributed by atoms with Gasteiger partial charge in [0.15, 0.2) is 5.69 Å². The van der Waals surface area contributed by atoms with Gasteiger partial charge in [0.2, 0.25) is 0 Å². The highest BCUT2D eigenvalue weighted by molar-refractivity contribution is 5.95. The van der Waals surface area contributed by atoms with Crippen LogP contribution in [0.15, 0.2) is 35.5 Å². The standard InChI is InChI=1S/C18H21N5O6/c1-28-16(25)11-23-10-15(21-22-23)17(26)20-14(18(27)29-2)6-7-19-9-12-4-3-5-13(24)8-12/h3-5,8-10,14,24H,6-7,11H2,1-2H3,(H,20,26). The lowest BCUT2D eigenvalue weighted by molar-refractivity contribution is -0.143. The normalized spacial score (nSPS) is 11.8. The number of nitrogens with one attached hydrogen (secondary N) is 1. The second-order valence-electron chi connectivity index (χ2n) is 5.85. The zero-order valence-electron chi connectivity index (χ0n) is 15.9. The number of methoxy groups -OCH3 is 2. The summed E-state index contributed by atoms with van der Waals surface area (Å²) in [6, 6.07) is 5.59. The molecular weight excluding hydrogens is 382 g/mol. The van der Waals surface area contributed by atoms with Gasteiger partial charge in [-0.25, -0.2) is 9.48 Å². The first-order valence-electron chi connectivity index (χ1n) is 8.57. The quantitative estimate of drug-likeness (QED) is 0.437. The molecule has 2 rings (SSSR count). The summed E-state index contributed by atoms with van der Waals surface area (Å²) in [5.74, 6) is -1.70. The molecule has 11 nitrogen and oxygen atoms in total. The van der Waals surface area contributed by atoms with Gasteiger partial charge in [0.1, 0.15) is 18.3 Å². The van der Waals surface area contributed by atoms with Crippen LogP contribution in [0.4, 0.5) is 0 Å². The largest absolute Gasteiger partial charge is 0.508 e. The van der Waals surface area contributed by atoms with E-state index in [0.717, 1.165) is 4.68 Å². The number of hydrogen-bond donors (Lipinski definition) is 2. The van der Waals surface area contributed by atoms with Crippen LogP contribution in [0.5, 0.6) is 5.75 Å². The molecule has 0 bridgehead atoms. The van der Waals surface area contributed by atoms with E-state index in [1.165, 1.54) is 20.4 Å². The minimum absolute atomic E-state index is 0.0638. The number of aliphatic imine (C=N–C) groups is 1. The maximum Gasteiger partial charge on any atom is 0.328 e. The van der Waals surface area contributed by atoms with Crippen LogP contribution in [0.3, 0.4) is 0 Å². The molecule has 1 heterocycles. The monoisotopic (exact) mass is 403 g/mol. The first-order valence-corrected chi connectivity index (χ1v) is 8.57. The molecule has 0 spiro atoms. The van der Waals surface area contributed by atoms with Gasteiger partial charge in [-0.2, -0.15) is 0 Å². The van der Waals surface area contributed by atoms with E-state index in [1.807, 2.05) is 0 Å². The molecule has 1 unspecified atom stereocenters. The summed E-state index contributed by atoms with van der Waals surface area (Å²) in [7, 11) is 2.45. The van der Waals surface area contributed by atoms with E-state index in [4.69, 9.17) is 4.74 Å². The van der Waals surface area contributed by atoms with E-state index in [9.17, 15) is 19.5 Å². The average Bonchev–Trinajstić information content (AvgIpc) is 3.18. The van der Waals surface area contributed by atoms with Crippen molar-refractivity contribution in [3.8, 4) is 5.75 Å². The summed E-state index contributed by atoms with van der Waals surface area (Å²) in [5, 5.41) is 19.3. The highest BCUT2D eigenvalue weighted by Crippen LogP contribution is 2.09. The van der Waals surface area contributed by atoms with E-state index < -0.39 is 23.9 Å². The van der Waals surface area contributed by atoms with E-state index in [0.29, 0.717) is 5.56 Å². The number of benzene rings is 1. The number of carbonyl (C=O) groups is 3. The molecule has 0 fully saturated rings. The molecule has 0 aliphatic rings. The molecule has 2 aromatic rings. The number of aromatic nitrogens is 3. The molecule has 1 amide bonds. The van der Waals surface area contributed by atoms with E-state index >= 15 is 0 Å². The fraction of sp³-hybridized carbons (Fsp3) is 0.333. The molecular formula is C18H21N5O6. The second kappa shape index (κ2) is 10.5. The van der Waals surface area contributed by atoms with Crippen LogP contribution in [0.2, 0.25) is 0 Å². The maximum atomic E-state index is 12.3. The lowest BCUT2D eigenvalue weighted by atomic mass is 10.2. The molecule has 1 aromatic heterocycles. The van der Waals surface area contributed by atoms with Gasteiger partial charge in [-0.3, -0.25) is 14.6 Å². The smallest absolute Gasteiger partial charge is 0.328 e. The molecule has 0 radical (unpaired) electrons. The van der Waals surface area contributed by atoms with E-state index in [-0.39, 0.29) is 31.0 Å². The third-order valence-corrected chi connectivity index (χ3v) is 3.74. The zero-order valence-corrected chi connectivity index (χ0v) is 15.9. The van der Waals surface area contributed by atoms with Crippen LogP contribution in [0, 0.1) is 0 Å². The Morgan fingerprint density at radius 2 is 2.10 bits per heavy atom. The van der Waals surface area contributed by atoms with Crippen LogP contribution >= 0.6 is 0 Å². The molecule has 0 aliphatic heterocycles. The molecule has 0 saturated heterocycles. The van der Waals surface area contributed by atoms with Crippen LogP contribution in [0.25, 0.3) is 0 Å². The van der Waals surface area contributed by atoms with E-state index in [1.54, 1.807) is 30.5 Å². The third-order valence-electron chi connectivity index (χ3n) is 3.74. The highest BCUT2D eigenvalue weighted by atomic mass is 16.5. The molecule has 154 valence electrons. The maximum absolute atomic E-state index is 12.3. The minimum atomic E-state index is -0.945. The van der Waals surface area contributed by atoms with Gasteiger partial charge in [0, 0.05) is 12.8 Å². The summed E-state index contributed by atoms with van der Waals surface area (Å²) in [5.41, 5.74) is 0.636. The van der Waals surface area contributed by atoms with Crippen LogP contribution < -0.4 is 5.32 Å². The Morgan fingerprint density at radius 3 is 2.79 bits per heavy atom. The molecule has 0 saturated carbocycles. The Labute approximate surface area is 166 Å². The summed E-state index contributed by atoms with van der Waals surface area (Å²) in [4.78, 5) is 39.7. The Morgan fingerprint density at radius 1 is 1.31 bits per heavy atom. The SMILES string of the molecule is COC(=O)Cn1cc(C(=O)NC(CCN=Cc2cccc(O)c2)C(=O)OC)nn1. The van der Waals surface area contributed by atoms with E-state index in [2.05, 4.69) is 25.4 Å². The number of hydrogen-bond acceptors (Lipinski definition) is 9. The molecule has 2 N–H and O–H groups in total. The summed E-state index contributed by atoms with van der Waals surface area (Å²) < 4.78 is 10.4. The van der Waals surface area contributed by atoms with Crippen molar-refractivity contribution in [1.29, 1.82) is 0 Å². The number of esters is 2. The predicted octanol–water partition coefficient (Wildman–Crippen LogP) is -0.0627. The van der Waals surface area contributed by atoms with Gasteiger partial charge in [-0.05, 0) is 24.1 Å². The topological polar surface area (TPSA) is 145 Å². The number of ether oxygens (including phenoxy) is 2. The number of phenolic OH excluding ortho intramolecular Hbond substituents is 1. The number of aromatic hydroxyl groups is 1. The average molecular weight is 403 g/mol. The fourth-order valence-electron chi connectivity index (χ4n) is 2.28. The minimum Gasteiger partial charge on any atom is -0.508 e. The van der Waals surface area contributed by atoms with Crippen LogP contribution in [-0.4, -0.2) is 71.0 Å². The van der Waals surface area contributed by atoms with Gasteiger partial charge in [-0.1, -0.05) is 17.3 Å². The Kier molecular flexibility index (Phi) is 7.83. The lowest BCUT2D eigenvalue weighted by Gasteiger charge is -2.14. The Hall–Kier alpha value is -3.76. The highest BCUT2D eigenvalue weighted by Gasteiger charge is 2.23. The predicted molar refractivity (Wildman–Crippen MR) is 100 cm³/mol. The first kappa shape index (κ1) is 21.5. The number of carbonyl (C=O) groups excluding carboxylic acids is 3. The third kappa shape index (κ3) is 6.72. The number of rotatable bonds is 9. The summed E-state index contributed by atoms with van der Waals surface area (Å²) in [6.45, 7) is 0.0334. The van der Waals surface area contributed by atoms with Crippen molar-refractivity contribution in [2.24, 2.45) is 4.99 Å².